The van der Waals surface area contributed by atoms with Crippen molar-refractivity contribution in [3.05, 3.63) is 0 Å². The van der Waals surface area contributed by atoms with Crippen molar-refractivity contribution in [2.24, 2.45) is 0 Å². The van der Waals surface area contributed by atoms with E-state index in [-0.39, 0.29) is 5.60 Å². The van der Waals surface area contributed by atoms with Crippen LogP contribution < -0.4 is 0 Å². The Hall–Kier alpha value is -0.0800. The van der Waals surface area contributed by atoms with E-state index in [1.807, 2.05) is 0 Å². The lowest BCUT2D eigenvalue weighted by atomic mass is 9.87. The van der Waals surface area contributed by atoms with E-state index in [2.05, 4.69) is 0 Å². The number of hydrogen-bond donors (Lipinski definition) is 0. The number of epoxide rings is 2. The van der Waals surface area contributed by atoms with Gasteiger partial charge in [-0.15, -0.1) is 0 Å². The Kier molecular flexibility index (Phi) is 0.868. The van der Waals surface area contributed by atoms with Crippen molar-refractivity contribution in [3.63, 3.8) is 0 Å². The van der Waals surface area contributed by atoms with Crippen LogP contribution in [0.4, 0.5) is 0 Å². The van der Waals surface area contributed by atoms with Crippen molar-refractivity contribution < 1.29 is 9.47 Å². The van der Waals surface area contributed by atoms with Gasteiger partial charge in [-0.1, -0.05) is 12.8 Å². The maximum atomic E-state index is 5.66. The van der Waals surface area contributed by atoms with Crippen LogP contribution >= 0.6 is 0 Å². The van der Waals surface area contributed by atoms with Crippen molar-refractivity contribution in [1.82, 2.24) is 0 Å². The molecule has 0 spiro atoms. The third kappa shape index (κ3) is 0.565. The van der Waals surface area contributed by atoms with Crippen LogP contribution in [0.1, 0.15) is 25.7 Å². The summed E-state index contributed by atoms with van der Waals surface area (Å²) in [7, 11) is 0. The minimum absolute atomic E-state index is 0.234. The van der Waals surface area contributed by atoms with Crippen LogP contribution in [0.3, 0.4) is 0 Å². The molecule has 10 heavy (non-hydrogen) atoms. The Morgan fingerprint density at radius 3 is 2.80 bits per heavy atom. The lowest BCUT2D eigenvalue weighted by Gasteiger charge is -2.13. The zero-order chi connectivity index (χ0) is 6.60. The molecule has 2 heterocycles. The van der Waals surface area contributed by atoms with Crippen LogP contribution in [-0.2, 0) is 9.47 Å². The molecule has 2 nitrogen and oxygen atoms in total. The average molecular weight is 140 g/mol. The first kappa shape index (κ1) is 5.56. The highest BCUT2D eigenvalue weighted by molar-refractivity contribution is 5.13. The van der Waals surface area contributed by atoms with Gasteiger partial charge < -0.3 is 9.47 Å². The molecule has 0 aromatic rings. The van der Waals surface area contributed by atoms with E-state index in [1.54, 1.807) is 0 Å². The second kappa shape index (κ2) is 1.56. The summed E-state index contributed by atoms with van der Waals surface area (Å²) in [6.45, 7) is 0.955. The second-order valence-corrected chi connectivity index (χ2v) is 3.63. The van der Waals surface area contributed by atoms with Gasteiger partial charge in [-0.2, -0.15) is 0 Å². The Balaban J connectivity index is 1.80. The van der Waals surface area contributed by atoms with E-state index in [4.69, 9.17) is 9.47 Å². The molecule has 56 valence electrons. The quantitative estimate of drug-likeness (QED) is 0.509. The molecular formula is C8H12O2. The summed E-state index contributed by atoms with van der Waals surface area (Å²) in [5.41, 5.74) is 0.234. The summed E-state index contributed by atoms with van der Waals surface area (Å²) in [4.78, 5) is 0. The molecule has 0 aromatic carbocycles. The summed E-state index contributed by atoms with van der Waals surface area (Å²) in [6, 6.07) is 0. The Labute approximate surface area is 60.5 Å². The van der Waals surface area contributed by atoms with Crippen LogP contribution in [0.5, 0.6) is 0 Å². The smallest absolute Gasteiger partial charge is 0.123 e. The predicted octanol–water partition coefficient (Wildman–Crippen LogP) is 1.10. The van der Waals surface area contributed by atoms with Crippen LogP contribution in [0.15, 0.2) is 0 Å². The minimum Gasteiger partial charge on any atom is -0.370 e. The van der Waals surface area contributed by atoms with Gasteiger partial charge in [-0.05, 0) is 12.8 Å². The highest BCUT2D eigenvalue weighted by Gasteiger charge is 2.66. The monoisotopic (exact) mass is 140 g/mol. The highest BCUT2D eigenvalue weighted by Crippen LogP contribution is 2.53. The largest absolute Gasteiger partial charge is 0.370 e. The van der Waals surface area contributed by atoms with Crippen LogP contribution in [-0.4, -0.2) is 24.4 Å². The minimum atomic E-state index is 0.234. The van der Waals surface area contributed by atoms with Gasteiger partial charge in [-0.3, -0.25) is 0 Å². The van der Waals surface area contributed by atoms with Gasteiger partial charge in [-0.25, -0.2) is 0 Å². The fourth-order valence-corrected chi connectivity index (χ4v) is 2.26. The molecule has 3 rings (SSSR count). The molecule has 1 aliphatic carbocycles. The third-order valence-electron chi connectivity index (χ3n) is 3.01. The molecule has 0 N–H and O–H groups in total. The Bertz CT molecular complexity index is 165. The Morgan fingerprint density at radius 1 is 1.20 bits per heavy atom. The van der Waals surface area contributed by atoms with E-state index < -0.39 is 0 Å². The van der Waals surface area contributed by atoms with E-state index in [0.717, 1.165) is 6.61 Å². The molecule has 0 aromatic heterocycles. The summed E-state index contributed by atoms with van der Waals surface area (Å²) in [5, 5.41) is 0. The molecule has 3 fully saturated rings. The van der Waals surface area contributed by atoms with Crippen molar-refractivity contribution in [2.75, 3.05) is 6.61 Å². The zero-order valence-electron chi connectivity index (χ0n) is 6.01. The second-order valence-electron chi connectivity index (χ2n) is 3.63. The number of hydrogen-bond acceptors (Lipinski definition) is 2. The standard InChI is InChI=1S/C8H12O2/c1-2-4-8(7-5-9-7)6(3-1)10-8/h6-7H,1-5H2/t6-,7-,8+/m1/s1. The summed E-state index contributed by atoms with van der Waals surface area (Å²) in [5.74, 6) is 0. The van der Waals surface area contributed by atoms with Gasteiger partial charge >= 0.3 is 0 Å². The molecule has 0 unspecified atom stereocenters. The number of ether oxygens (including phenoxy) is 2. The summed E-state index contributed by atoms with van der Waals surface area (Å²) in [6.07, 6.45) is 6.30. The van der Waals surface area contributed by atoms with Crippen LogP contribution in [0.2, 0.25) is 0 Å². The van der Waals surface area contributed by atoms with Gasteiger partial charge in [0, 0.05) is 0 Å². The van der Waals surface area contributed by atoms with Gasteiger partial charge in [0.15, 0.2) is 0 Å². The maximum absolute atomic E-state index is 5.66. The molecule has 3 aliphatic rings. The third-order valence-corrected chi connectivity index (χ3v) is 3.01. The molecular weight excluding hydrogens is 128 g/mol. The molecule has 0 radical (unpaired) electrons. The molecule has 2 saturated heterocycles. The van der Waals surface area contributed by atoms with Gasteiger partial charge in [0.2, 0.25) is 0 Å². The lowest BCUT2D eigenvalue weighted by molar-refractivity contribution is 0.224. The van der Waals surface area contributed by atoms with Gasteiger partial charge in [0.05, 0.1) is 12.7 Å². The normalized spacial score (nSPS) is 57.6. The molecule has 2 aliphatic heterocycles. The van der Waals surface area contributed by atoms with E-state index in [1.165, 1.54) is 25.7 Å². The SMILES string of the molecule is C1CC[C@]2([C@H]3CO3)O[C@@H]2C1. The van der Waals surface area contributed by atoms with Crippen molar-refractivity contribution in [3.8, 4) is 0 Å². The molecule has 3 atom stereocenters. The van der Waals surface area contributed by atoms with Gasteiger partial charge in [0.25, 0.3) is 0 Å². The first-order valence-corrected chi connectivity index (χ1v) is 4.21. The molecule has 0 amide bonds. The average Bonchev–Trinajstić information content (AvgIpc) is 2.84. The lowest BCUT2D eigenvalue weighted by Crippen LogP contribution is -2.25. The first-order chi connectivity index (χ1) is 4.92. The van der Waals surface area contributed by atoms with Crippen molar-refractivity contribution in [1.29, 1.82) is 0 Å². The number of rotatable bonds is 1. The fraction of sp³-hybridized carbons (Fsp3) is 1.00. The first-order valence-electron chi connectivity index (χ1n) is 4.21. The molecule has 2 heteroatoms. The highest BCUT2D eigenvalue weighted by atomic mass is 16.7. The Morgan fingerprint density at radius 2 is 2.10 bits per heavy atom. The predicted molar refractivity (Wildman–Crippen MR) is 35.8 cm³/mol. The van der Waals surface area contributed by atoms with Crippen molar-refractivity contribution >= 4 is 0 Å². The topological polar surface area (TPSA) is 25.1 Å². The summed E-state index contributed by atoms with van der Waals surface area (Å²) >= 11 is 0. The molecule has 0 bridgehead atoms. The van der Waals surface area contributed by atoms with Gasteiger partial charge in [0.1, 0.15) is 11.7 Å². The molecule has 1 saturated carbocycles. The zero-order valence-corrected chi connectivity index (χ0v) is 6.01. The fourth-order valence-electron chi connectivity index (χ4n) is 2.26. The van der Waals surface area contributed by atoms with E-state index >= 15 is 0 Å². The van der Waals surface area contributed by atoms with Crippen molar-refractivity contribution in [2.45, 2.75) is 43.5 Å². The summed E-state index contributed by atoms with van der Waals surface area (Å²) < 4.78 is 10.9. The van der Waals surface area contributed by atoms with Crippen LogP contribution in [0.25, 0.3) is 0 Å². The maximum Gasteiger partial charge on any atom is 0.123 e. The van der Waals surface area contributed by atoms with Crippen LogP contribution in [0, 0.1) is 0 Å². The van der Waals surface area contributed by atoms with E-state index in [9.17, 15) is 0 Å². The van der Waals surface area contributed by atoms with E-state index in [0.29, 0.717) is 12.2 Å². The number of fused-ring (bicyclic) bond motifs is 1.